The molecule has 2 aromatic rings. The molecule has 0 saturated heterocycles. The molecule has 0 heterocycles. The molecule has 0 aliphatic carbocycles. The molecule has 1 atom stereocenters. The monoisotopic (exact) mass is 354 g/mol. The summed E-state index contributed by atoms with van der Waals surface area (Å²) >= 11 is 0. The van der Waals surface area contributed by atoms with Gasteiger partial charge in [-0.3, -0.25) is 14.4 Å². The highest BCUT2D eigenvalue weighted by molar-refractivity contribution is 5.89. The fraction of sp³-hybridized carbons (Fsp3) is 0.250. The maximum atomic E-state index is 12.1. The average molecular weight is 354 g/mol. The Bertz CT molecular complexity index is 757. The molecule has 0 aliphatic rings. The van der Waals surface area contributed by atoms with Crippen molar-refractivity contribution in [3.05, 3.63) is 60.2 Å². The Hall–Kier alpha value is -3.15. The van der Waals surface area contributed by atoms with E-state index in [-0.39, 0.29) is 24.2 Å². The summed E-state index contributed by atoms with van der Waals surface area (Å²) in [6, 6.07) is 15.6. The van der Waals surface area contributed by atoms with Crippen LogP contribution in [0.15, 0.2) is 54.6 Å². The van der Waals surface area contributed by atoms with E-state index in [1.807, 2.05) is 30.3 Å². The first-order valence-electron chi connectivity index (χ1n) is 8.28. The summed E-state index contributed by atoms with van der Waals surface area (Å²) in [5.74, 6) is -0.141. The van der Waals surface area contributed by atoms with Gasteiger partial charge in [0.05, 0.1) is 6.04 Å². The quantitative estimate of drug-likeness (QED) is 0.762. The van der Waals surface area contributed by atoms with Crippen LogP contribution >= 0.6 is 0 Å². The van der Waals surface area contributed by atoms with Crippen LogP contribution in [0, 0.1) is 0 Å². The summed E-state index contributed by atoms with van der Waals surface area (Å²) in [6.45, 7) is 2.68. The molecule has 2 rings (SSSR count). The van der Waals surface area contributed by atoms with Gasteiger partial charge in [0.2, 0.25) is 5.91 Å². The molecule has 0 aromatic heterocycles. The van der Waals surface area contributed by atoms with E-state index in [2.05, 4.69) is 10.6 Å². The first kappa shape index (κ1) is 19.2. The third kappa shape index (κ3) is 6.39. The van der Waals surface area contributed by atoms with Crippen molar-refractivity contribution in [3.63, 3.8) is 0 Å². The largest absolute Gasteiger partial charge is 0.484 e. The van der Waals surface area contributed by atoms with Crippen molar-refractivity contribution in [2.75, 3.05) is 11.9 Å². The molecule has 0 unspecified atom stereocenters. The number of nitrogens with one attached hydrogen (secondary N) is 2. The van der Waals surface area contributed by atoms with Crippen molar-refractivity contribution in [2.24, 2.45) is 0 Å². The van der Waals surface area contributed by atoms with Crippen LogP contribution in [0.3, 0.4) is 0 Å². The standard InChI is InChI=1S/C20H22N2O4/c1-14(23)19(12-16-6-4-3-5-7-16)22-20(25)13-26-18-10-8-17(9-11-18)21-15(2)24/h3-11,19H,12-13H2,1-2H3,(H,21,24)(H,22,25)/t19-/m0/s1. The molecular formula is C20H22N2O4. The second-order valence-electron chi connectivity index (χ2n) is 5.91. The van der Waals surface area contributed by atoms with Gasteiger partial charge in [0.1, 0.15) is 5.75 Å². The highest BCUT2D eigenvalue weighted by Gasteiger charge is 2.17. The van der Waals surface area contributed by atoms with Crippen molar-refractivity contribution in [1.82, 2.24) is 5.32 Å². The first-order valence-corrected chi connectivity index (χ1v) is 8.28. The fourth-order valence-corrected chi connectivity index (χ4v) is 2.37. The molecule has 0 saturated carbocycles. The number of ketones is 1. The van der Waals surface area contributed by atoms with Crippen LogP contribution in [0.5, 0.6) is 5.75 Å². The molecule has 0 radical (unpaired) electrons. The molecule has 2 amide bonds. The molecule has 6 nitrogen and oxygen atoms in total. The van der Waals surface area contributed by atoms with E-state index < -0.39 is 6.04 Å². The Morgan fingerprint density at radius 2 is 1.62 bits per heavy atom. The number of anilines is 1. The zero-order chi connectivity index (χ0) is 18.9. The molecule has 2 N–H and O–H groups in total. The van der Waals surface area contributed by atoms with Crippen molar-refractivity contribution in [1.29, 1.82) is 0 Å². The minimum Gasteiger partial charge on any atom is -0.484 e. The number of carbonyl (C=O) groups excluding carboxylic acids is 3. The van der Waals surface area contributed by atoms with E-state index in [0.717, 1.165) is 5.56 Å². The first-order chi connectivity index (χ1) is 12.4. The number of ether oxygens (including phenoxy) is 1. The number of rotatable bonds is 8. The van der Waals surface area contributed by atoms with Crippen molar-refractivity contribution in [3.8, 4) is 5.75 Å². The van der Waals surface area contributed by atoms with Crippen LogP contribution in [0.2, 0.25) is 0 Å². The third-order valence-electron chi connectivity index (χ3n) is 3.65. The lowest BCUT2D eigenvalue weighted by Gasteiger charge is -2.16. The van der Waals surface area contributed by atoms with E-state index in [1.54, 1.807) is 24.3 Å². The Balaban J connectivity index is 1.86. The molecule has 0 bridgehead atoms. The maximum absolute atomic E-state index is 12.1. The van der Waals surface area contributed by atoms with E-state index in [1.165, 1.54) is 13.8 Å². The van der Waals surface area contributed by atoms with Gasteiger partial charge in [-0.1, -0.05) is 30.3 Å². The van der Waals surface area contributed by atoms with E-state index in [4.69, 9.17) is 4.74 Å². The van der Waals surface area contributed by atoms with Gasteiger partial charge in [-0.2, -0.15) is 0 Å². The molecule has 0 fully saturated rings. The van der Waals surface area contributed by atoms with Crippen LogP contribution in [-0.2, 0) is 20.8 Å². The average Bonchev–Trinajstić information content (AvgIpc) is 2.61. The van der Waals surface area contributed by atoms with Crippen molar-refractivity contribution in [2.45, 2.75) is 26.3 Å². The number of benzene rings is 2. The number of carbonyl (C=O) groups is 3. The number of hydrogen-bond acceptors (Lipinski definition) is 4. The number of Topliss-reactive ketones (excluding diaryl/α,β-unsaturated/α-hetero) is 1. The van der Waals surface area contributed by atoms with Gasteiger partial charge in [0, 0.05) is 12.6 Å². The highest BCUT2D eigenvalue weighted by atomic mass is 16.5. The Morgan fingerprint density at radius 1 is 0.962 bits per heavy atom. The van der Waals surface area contributed by atoms with Gasteiger partial charge in [-0.15, -0.1) is 0 Å². The zero-order valence-corrected chi connectivity index (χ0v) is 14.8. The minimum absolute atomic E-state index is 0.109. The highest BCUT2D eigenvalue weighted by Crippen LogP contribution is 2.15. The molecule has 0 spiro atoms. The summed E-state index contributed by atoms with van der Waals surface area (Å²) < 4.78 is 5.42. The zero-order valence-electron chi connectivity index (χ0n) is 14.8. The Labute approximate surface area is 152 Å². The summed E-state index contributed by atoms with van der Waals surface area (Å²) in [5.41, 5.74) is 1.62. The van der Waals surface area contributed by atoms with E-state index in [0.29, 0.717) is 17.9 Å². The van der Waals surface area contributed by atoms with Gasteiger partial charge < -0.3 is 15.4 Å². The van der Waals surface area contributed by atoms with E-state index in [9.17, 15) is 14.4 Å². The molecule has 6 heteroatoms. The topological polar surface area (TPSA) is 84.5 Å². The van der Waals surface area contributed by atoms with Gasteiger partial charge >= 0.3 is 0 Å². The number of amides is 2. The lowest BCUT2D eigenvalue weighted by Crippen LogP contribution is -2.43. The third-order valence-corrected chi connectivity index (χ3v) is 3.65. The Kier molecular flexibility index (Phi) is 6.91. The van der Waals surface area contributed by atoms with Crippen LogP contribution in [0.1, 0.15) is 19.4 Å². The smallest absolute Gasteiger partial charge is 0.258 e. The minimum atomic E-state index is -0.587. The second-order valence-corrected chi connectivity index (χ2v) is 5.91. The van der Waals surface area contributed by atoms with Gasteiger partial charge in [-0.05, 0) is 43.2 Å². The van der Waals surface area contributed by atoms with Crippen molar-refractivity contribution < 1.29 is 19.1 Å². The summed E-state index contributed by atoms with van der Waals surface area (Å²) in [6.07, 6.45) is 0.438. The maximum Gasteiger partial charge on any atom is 0.258 e. The molecular weight excluding hydrogens is 332 g/mol. The van der Waals surface area contributed by atoms with E-state index >= 15 is 0 Å². The number of hydrogen-bond donors (Lipinski definition) is 2. The lowest BCUT2D eigenvalue weighted by molar-refractivity contribution is -0.128. The van der Waals surface area contributed by atoms with Crippen LogP contribution < -0.4 is 15.4 Å². The summed E-state index contributed by atoms with van der Waals surface area (Å²) in [5, 5.41) is 5.35. The van der Waals surface area contributed by atoms with Gasteiger partial charge in [-0.25, -0.2) is 0 Å². The molecule has 2 aromatic carbocycles. The lowest BCUT2D eigenvalue weighted by atomic mass is 10.0. The molecule has 0 aliphatic heterocycles. The molecule has 136 valence electrons. The van der Waals surface area contributed by atoms with Gasteiger partial charge in [0.15, 0.2) is 12.4 Å². The van der Waals surface area contributed by atoms with Crippen LogP contribution in [-0.4, -0.2) is 30.2 Å². The summed E-state index contributed by atoms with van der Waals surface area (Å²) in [7, 11) is 0. The summed E-state index contributed by atoms with van der Waals surface area (Å²) in [4.78, 5) is 34.9. The van der Waals surface area contributed by atoms with Crippen LogP contribution in [0.4, 0.5) is 5.69 Å². The van der Waals surface area contributed by atoms with Gasteiger partial charge in [0.25, 0.3) is 5.91 Å². The predicted molar refractivity (Wildman–Crippen MR) is 99.0 cm³/mol. The van der Waals surface area contributed by atoms with Crippen molar-refractivity contribution >= 4 is 23.3 Å². The van der Waals surface area contributed by atoms with Crippen LogP contribution in [0.25, 0.3) is 0 Å². The SMILES string of the molecule is CC(=O)Nc1ccc(OCC(=O)N[C@@H](Cc2ccccc2)C(C)=O)cc1. The normalized spacial score (nSPS) is 11.3. The predicted octanol–water partition coefficient (Wildman–Crippen LogP) is 2.34. The molecule has 26 heavy (non-hydrogen) atoms. The fourth-order valence-electron chi connectivity index (χ4n) is 2.37. The second kappa shape index (κ2) is 9.36. The Morgan fingerprint density at radius 3 is 2.19 bits per heavy atom.